The second kappa shape index (κ2) is 10.1. The topological polar surface area (TPSA) is 52.6 Å². The lowest BCUT2D eigenvalue weighted by Gasteiger charge is -2.34. The number of hydrogen-bond acceptors (Lipinski definition) is 4. The lowest BCUT2D eigenvalue weighted by Crippen LogP contribution is -2.28. The number of carbonyl (C=O) groups excluding carboxylic acids is 2. The molecule has 4 nitrogen and oxygen atoms in total. The summed E-state index contributed by atoms with van der Waals surface area (Å²) in [5.74, 6) is 0.890. The smallest absolute Gasteiger partial charge is 0.192 e. The van der Waals surface area contributed by atoms with Crippen LogP contribution in [-0.2, 0) is 15.0 Å². The first-order valence-corrected chi connectivity index (χ1v) is 12.0. The molecule has 0 amide bonds. The van der Waals surface area contributed by atoms with Gasteiger partial charge in [-0.3, -0.25) is 9.59 Å². The van der Waals surface area contributed by atoms with Crippen LogP contribution >= 0.6 is 0 Å². The summed E-state index contributed by atoms with van der Waals surface area (Å²) in [4.78, 5) is 23.2. The standard InChI is InChI=1S/C33H26O4/c1-3-25(34)21-36-27-17-13-23(14-18-27)33(24-15-19-28(20-16-24)37-22-26(35)4-2)31-11-7-5-9-29(31)30-10-6-8-12-32(30)33/h3-20H,1-2,21-22H2. The summed E-state index contributed by atoms with van der Waals surface area (Å²) in [6.07, 6.45) is 2.52. The Hall–Kier alpha value is -4.70. The molecule has 0 spiro atoms. The minimum Gasteiger partial charge on any atom is -0.485 e. The molecule has 5 rings (SSSR count). The molecule has 1 aliphatic carbocycles. The third kappa shape index (κ3) is 4.27. The van der Waals surface area contributed by atoms with Gasteiger partial charge in [0, 0.05) is 0 Å². The van der Waals surface area contributed by atoms with E-state index in [2.05, 4.69) is 86.0 Å². The van der Waals surface area contributed by atoms with Gasteiger partial charge in [0.2, 0.25) is 0 Å². The average Bonchev–Trinajstić information content (AvgIpc) is 3.26. The molecule has 182 valence electrons. The van der Waals surface area contributed by atoms with E-state index in [-0.39, 0.29) is 24.8 Å². The molecule has 0 saturated carbocycles. The highest BCUT2D eigenvalue weighted by Gasteiger charge is 2.45. The number of hydrogen-bond donors (Lipinski definition) is 0. The van der Waals surface area contributed by atoms with E-state index < -0.39 is 5.41 Å². The largest absolute Gasteiger partial charge is 0.485 e. The first-order valence-electron chi connectivity index (χ1n) is 12.0. The van der Waals surface area contributed by atoms with Crippen LogP contribution in [0.5, 0.6) is 11.5 Å². The van der Waals surface area contributed by atoms with E-state index in [0.29, 0.717) is 11.5 Å². The van der Waals surface area contributed by atoms with Crippen LogP contribution in [-0.4, -0.2) is 24.8 Å². The van der Waals surface area contributed by atoms with Crippen LogP contribution in [0.15, 0.2) is 122 Å². The normalized spacial score (nSPS) is 12.6. The molecule has 37 heavy (non-hydrogen) atoms. The molecule has 0 heterocycles. The van der Waals surface area contributed by atoms with E-state index in [1.165, 1.54) is 34.4 Å². The maximum Gasteiger partial charge on any atom is 0.192 e. The van der Waals surface area contributed by atoms with Gasteiger partial charge in [-0.05, 0) is 69.8 Å². The Morgan fingerprint density at radius 1 is 0.595 bits per heavy atom. The second-order valence-corrected chi connectivity index (χ2v) is 8.81. The molecule has 0 radical (unpaired) electrons. The van der Waals surface area contributed by atoms with Crippen LogP contribution in [0.25, 0.3) is 11.1 Å². The molecule has 4 aromatic rings. The molecule has 0 fully saturated rings. The highest BCUT2D eigenvalue weighted by atomic mass is 16.5. The minimum absolute atomic E-state index is 0.0462. The number of benzene rings is 4. The van der Waals surface area contributed by atoms with Gasteiger partial charge in [0.25, 0.3) is 0 Å². The molecular formula is C33H26O4. The maximum atomic E-state index is 11.6. The van der Waals surface area contributed by atoms with Crippen molar-refractivity contribution in [1.29, 1.82) is 0 Å². The van der Waals surface area contributed by atoms with Crippen molar-refractivity contribution in [3.8, 4) is 22.6 Å². The van der Waals surface area contributed by atoms with Crippen LogP contribution in [0.3, 0.4) is 0 Å². The van der Waals surface area contributed by atoms with Gasteiger partial charge in [0.05, 0.1) is 5.41 Å². The Bertz CT molecular complexity index is 1360. The van der Waals surface area contributed by atoms with Crippen molar-refractivity contribution >= 4 is 11.6 Å². The Kier molecular flexibility index (Phi) is 6.57. The summed E-state index contributed by atoms with van der Waals surface area (Å²) < 4.78 is 11.3. The zero-order valence-electron chi connectivity index (χ0n) is 20.4. The van der Waals surface area contributed by atoms with Crippen molar-refractivity contribution in [3.63, 3.8) is 0 Å². The second-order valence-electron chi connectivity index (χ2n) is 8.81. The van der Waals surface area contributed by atoms with Gasteiger partial charge in [-0.2, -0.15) is 0 Å². The molecule has 0 N–H and O–H groups in total. The minimum atomic E-state index is -0.571. The van der Waals surface area contributed by atoms with Gasteiger partial charge in [-0.15, -0.1) is 0 Å². The van der Waals surface area contributed by atoms with Crippen molar-refractivity contribution in [2.24, 2.45) is 0 Å². The van der Waals surface area contributed by atoms with Crippen molar-refractivity contribution in [2.45, 2.75) is 5.41 Å². The zero-order chi connectivity index (χ0) is 25.8. The summed E-state index contributed by atoms with van der Waals surface area (Å²) >= 11 is 0. The highest BCUT2D eigenvalue weighted by Crippen LogP contribution is 2.56. The summed E-state index contributed by atoms with van der Waals surface area (Å²) in [7, 11) is 0. The van der Waals surface area contributed by atoms with E-state index in [1.807, 2.05) is 24.3 Å². The van der Waals surface area contributed by atoms with E-state index in [1.54, 1.807) is 0 Å². The average molecular weight is 487 g/mol. The van der Waals surface area contributed by atoms with E-state index in [0.717, 1.165) is 11.1 Å². The summed E-state index contributed by atoms with van der Waals surface area (Å²) in [5.41, 5.74) is 6.31. The number of carbonyl (C=O) groups is 2. The summed E-state index contributed by atoms with van der Waals surface area (Å²) in [5, 5.41) is 0. The van der Waals surface area contributed by atoms with Crippen molar-refractivity contribution in [2.75, 3.05) is 13.2 Å². The molecule has 0 bridgehead atoms. The van der Waals surface area contributed by atoms with Gasteiger partial charge < -0.3 is 9.47 Å². The van der Waals surface area contributed by atoms with Gasteiger partial charge >= 0.3 is 0 Å². The maximum absolute atomic E-state index is 11.6. The molecule has 1 aliphatic rings. The Morgan fingerprint density at radius 2 is 0.973 bits per heavy atom. The van der Waals surface area contributed by atoms with Crippen LogP contribution in [0.4, 0.5) is 0 Å². The molecule has 0 atom stereocenters. The molecule has 0 aromatic heterocycles. The van der Waals surface area contributed by atoms with Gasteiger partial charge in [0.15, 0.2) is 24.8 Å². The molecule has 0 aliphatic heterocycles. The van der Waals surface area contributed by atoms with Gasteiger partial charge in [0.1, 0.15) is 11.5 Å². The first-order chi connectivity index (χ1) is 18.1. The lowest BCUT2D eigenvalue weighted by atomic mass is 9.68. The molecule has 0 saturated heterocycles. The van der Waals surface area contributed by atoms with E-state index in [9.17, 15) is 9.59 Å². The number of ketones is 2. The number of fused-ring (bicyclic) bond motifs is 3. The third-order valence-electron chi connectivity index (χ3n) is 6.74. The SMILES string of the molecule is C=CC(=O)COc1ccc(C2(c3ccc(OCC(=O)C=C)cc3)c3ccccc3-c3ccccc32)cc1. The first kappa shape index (κ1) is 24.0. The van der Waals surface area contributed by atoms with E-state index in [4.69, 9.17) is 9.47 Å². The van der Waals surface area contributed by atoms with Crippen LogP contribution in [0.2, 0.25) is 0 Å². The van der Waals surface area contributed by atoms with Gasteiger partial charge in [-0.25, -0.2) is 0 Å². The molecular weight excluding hydrogens is 460 g/mol. The Morgan fingerprint density at radius 3 is 1.35 bits per heavy atom. The van der Waals surface area contributed by atoms with Crippen LogP contribution < -0.4 is 9.47 Å². The predicted octanol–water partition coefficient (Wildman–Crippen LogP) is 6.32. The number of ether oxygens (including phenoxy) is 2. The summed E-state index contributed by atoms with van der Waals surface area (Å²) in [6, 6.07) is 32.7. The molecule has 0 unspecified atom stereocenters. The van der Waals surface area contributed by atoms with E-state index >= 15 is 0 Å². The fourth-order valence-corrected chi connectivity index (χ4v) is 5.05. The quantitative estimate of drug-likeness (QED) is 0.217. The van der Waals surface area contributed by atoms with Crippen molar-refractivity contribution in [3.05, 3.63) is 145 Å². The monoisotopic (exact) mass is 486 g/mol. The predicted molar refractivity (Wildman–Crippen MR) is 145 cm³/mol. The van der Waals surface area contributed by atoms with Crippen LogP contribution in [0, 0.1) is 0 Å². The van der Waals surface area contributed by atoms with Crippen molar-refractivity contribution in [1.82, 2.24) is 0 Å². The fraction of sp³-hybridized carbons (Fsp3) is 0.0909. The lowest BCUT2D eigenvalue weighted by molar-refractivity contribution is -0.117. The Labute approximate surface area is 216 Å². The molecule has 4 heteroatoms. The Balaban J connectivity index is 1.64. The van der Waals surface area contributed by atoms with Crippen LogP contribution in [0.1, 0.15) is 22.3 Å². The van der Waals surface area contributed by atoms with Gasteiger partial charge in [-0.1, -0.05) is 86.0 Å². The fourth-order valence-electron chi connectivity index (χ4n) is 5.05. The molecule has 4 aromatic carbocycles. The highest BCUT2D eigenvalue weighted by molar-refractivity contribution is 5.91. The van der Waals surface area contributed by atoms with Crippen molar-refractivity contribution < 1.29 is 19.1 Å². The summed E-state index contributed by atoms with van der Waals surface area (Å²) in [6.45, 7) is 6.90. The number of rotatable bonds is 10. The third-order valence-corrected chi connectivity index (χ3v) is 6.74. The zero-order valence-corrected chi connectivity index (χ0v) is 20.4.